The van der Waals surface area contributed by atoms with Crippen LogP contribution in [0.25, 0.3) is 21.9 Å². The summed E-state index contributed by atoms with van der Waals surface area (Å²) in [5.74, 6) is 1.84. The van der Waals surface area contributed by atoms with Gasteiger partial charge in [-0.15, -0.1) is 0 Å². The van der Waals surface area contributed by atoms with Crippen LogP contribution in [0.3, 0.4) is 0 Å². The normalized spacial score (nSPS) is 10.7. The van der Waals surface area contributed by atoms with Crippen molar-refractivity contribution in [1.29, 1.82) is 0 Å². The van der Waals surface area contributed by atoms with Crippen LogP contribution in [-0.4, -0.2) is 13.2 Å². The van der Waals surface area contributed by atoms with Gasteiger partial charge in [0.15, 0.2) is 0 Å². The van der Waals surface area contributed by atoms with Gasteiger partial charge < -0.3 is 9.47 Å². The van der Waals surface area contributed by atoms with Crippen molar-refractivity contribution in [3.8, 4) is 22.6 Å². The molecule has 0 fully saturated rings. The molecule has 0 saturated carbocycles. The molecule has 2 nitrogen and oxygen atoms in total. The highest BCUT2D eigenvalue weighted by molar-refractivity contribution is 6.02. The summed E-state index contributed by atoms with van der Waals surface area (Å²) in [7, 11) is 0. The second kappa shape index (κ2) is 6.74. The molecule has 2 heteroatoms. The molecule has 0 heterocycles. The van der Waals surface area contributed by atoms with Crippen molar-refractivity contribution in [2.45, 2.75) is 20.8 Å². The Balaban J connectivity index is 2.18. The smallest absolute Gasteiger partial charge is 0.127 e. The Kier molecular flexibility index (Phi) is 4.52. The maximum absolute atomic E-state index is 5.87. The minimum Gasteiger partial charge on any atom is -0.494 e. The van der Waals surface area contributed by atoms with Gasteiger partial charge in [0.2, 0.25) is 0 Å². The molecule has 0 unspecified atom stereocenters. The molecule has 0 aromatic heterocycles. The Hall–Kier alpha value is -2.48. The third-order valence-corrected chi connectivity index (χ3v) is 4.00. The van der Waals surface area contributed by atoms with E-state index in [9.17, 15) is 0 Å². The highest BCUT2D eigenvalue weighted by Crippen LogP contribution is 2.37. The van der Waals surface area contributed by atoms with Crippen LogP contribution in [0.1, 0.15) is 19.4 Å². The monoisotopic (exact) mass is 306 g/mol. The number of hydrogen-bond donors (Lipinski definition) is 0. The fraction of sp³-hybridized carbons (Fsp3) is 0.238. The topological polar surface area (TPSA) is 18.5 Å². The molecular weight excluding hydrogens is 284 g/mol. The van der Waals surface area contributed by atoms with Crippen LogP contribution in [0.5, 0.6) is 11.5 Å². The Morgan fingerprint density at radius 3 is 2.22 bits per heavy atom. The zero-order chi connectivity index (χ0) is 16.2. The van der Waals surface area contributed by atoms with Gasteiger partial charge in [-0.2, -0.15) is 0 Å². The maximum Gasteiger partial charge on any atom is 0.127 e. The van der Waals surface area contributed by atoms with Crippen molar-refractivity contribution in [2.24, 2.45) is 0 Å². The van der Waals surface area contributed by atoms with E-state index in [0.29, 0.717) is 13.2 Å². The molecule has 118 valence electrons. The van der Waals surface area contributed by atoms with Gasteiger partial charge in [-0.3, -0.25) is 0 Å². The number of aryl methyl sites for hydroxylation is 1. The predicted molar refractivity (Wildman–Crippen MR) is 96.5 cm³/mol. The van der Waals surface area contributed by atoms with Crippen molar-refractivity contribution in [1.82, 2.24) is 0 Å². The Morgan fingerprint density at radius 1 is 0.783 bits per heavy atom. The summed E-state index contributed by atoms with van der Waals surface area (Å²) in [6.45, 7) is 7.50. The molecule has 0 aliphatic rings. The quantitative estimate of drug-likeness (QED) is 0.609. The Morgan fingerprint density at radius 2 is 1.52 bits per heavy atom. The highest BCUT2D eigenvalue weighted by Gasteiger charge is 2.11. The van der Waals surface area contributed by atoms with Gasteiger partial charge in [-0.25, -0.2) is 0 Å². The Labute approximate surface area is 137 Å². The molecule has 0 aliphatic heterocycles. The van der Waals surface area contributed by atoms with Gasteiger partial charge in [-0.1, -0.05) is 36.4 Å². The fourth-order valence-corrected chi connectivity index (χ4v) is 2.93. The predicted octanol–water partition coefficient (Wildman–Crippen LogP) is 5.61. The largest absolute Gasteiger partial charge is 0.494 e. The molecule has 3 aromatic carbocycles. The standard InChI is InChI=1S/C21H22O2/c1-4-22-17-12-10-16(11-13-17)19-14-9-15(3)18-7-6-8-20(21(18)19)23-5-2/h6-14H,4-5H2,1-3H3. The summed E-state index contributed by atoms with van der Waals surface area (Å²) in [5, 5.41) is 2.42. The van der Waals surface area contributed by atoms with E-state index in [4.69, 9.17) is 9.47 Å². The van der Waals surface area contributed by atoms with Crippen LogP contribution < -0.4 is 9.47 Å². The zero-order valence-corrected chi connectivity index (χ0v) is 13.9. The van der Waals surface area contributed by atoms with E-state index >= 15 is 0 Å². The molecule has 3 rings (SSSR count). The second-order valence-corrected chi connectivity index (χ2v) is 5.50. The van der Waals surface area contributed by atoms with E-state index in [1.807, 2.05) is 32.0 Å². The van der Waals surface area contributed by atoms with E-state index in [2.05, 4.69) is 43.3 Å². The highest BCUT2D eigenvalue weighted by atomic mass is 16.5. The number of benzene rings is 3. The van der Waals surface area contributed by atoms with Crippen LogP contribution in [0.4, 0.5) is 0 Å². The average Bonchev–Trinajstić information content (AvgIpc) is 2.57. The summed E-state index contributed by atoms with van der Waals surface area (Å²) in [6, 6.07) is 18.9. The van der Waals surface area contributed by atoms with Gasteiger partial charge in [0.1, 0.15) is 11.5 Å². The lowest BCUT2D eigenvalue weighted by Gasteiger charge is -2.14. The summed E-state index contributed by atoms with van der Waals surface area (Å²) in [4.78, 5) is 0. The summed E-state index contributed by atoms with van der Waals surface area (Å²) < 4.78 is 11.4. The molecular formula is C21H22O2. The first-order chi connectivity index (χ1) is 11.2. The van der Waals surface area contributed by atoms with Gasteiger partial charge in [0.05, 0.1) is 13.2 Å². The zero-order valence-electron chi connectivity index (χ0n) is 13.9. The third kappa shape index (κ3) is 3.02. The minimum atomic E-state index is 0.662. The van der Waals surface area contributed by atoms with Crippen molar-refractivity contribution < 1.29 is 9.47 Å². The number of ether oxygens (including phenoxy) is 2. The first-order valence-corrected chi connectivity index (χ1v) is 8.13. The lowest BCUT2D eigenvalue weighted by Crippen LogP contribution is -1.95. The van der Waals surface area contributed by atoms with Crippen molar-refractivity contribution in [3.05, 3.63) is 60.2 Å². The van der Waals surface area contributed by atoms with E-state index in [1.54, 1.807) is 0 Å². The first-order valence-electron chi connectivity index (χ1n) is 8.13. The molecule has 23 heavy (non-hydrogen) atoms. The third-order valence-electron chi connectivity index (χ3n) is 4.00. The van der Waals surface area contributed by atoms with Gasteiger partial charge in [-0.05, 0) is 61.0 Å². The van der Waals surface area contributed by atoms with E-state index in [1.165, 1.54) is 27.5 Å². The lowest BCUT2D eigenvalue weighted by molar-refractivity contribution is 0.340. The molecule has 0 bridgehead atoms. The SMILES string of the molecule is CCOc1ccc(-c2ccc(C)c3cccc(OCC)c23)cc1. The van der Waals surface area contributed by atoms with E-state index < -0.39 is 0 Å². The maximum atomic E-state index is 5.87. The first kappa shape index (κ1) is 15.4. The van der Waals surface area contributed by atoms with Crippen LogP contribution in [-0.2, 0) is 0 Å². The van der Waals surface area contributed by atoms with Crippen molar-refractivity contribution in [3.63, 3.8) is 0 Å². The second-order valence-electron chi connectivity index (χ2n) is 5.50. The van der Waals surface area contributed by atoms with Crippen LogP contribution in [0, 0.1) is 6.92 Å². The van der Waals surface area contributed by atoms with Crippen LogP contribution in [0.2, 0.25) is 0 Å². The molecule has 3 aromatic rings. The van der Waals surface area contributed by atoms with Crippen LogP contribution in [0.15, 0.2) is 54.6 Å². The molecule has 0 atom stereocenters. The van der Waals surface area contributed by atoms with E-state index in [0.717, 1.165) is 11.5 Å². The van der Waals surface area contributed by atoms with Gasteiger partial charge in [0.25, 0.3) is 0 Å². The Bertz CT molecular complexity index is 804. The summed E-state index contributed by atoms with van der Waals surface area (Å²) in [5.41, 5.74) is 3.62. The number of rotatable bonds is 5. The molecule has 0 aliphatic carbocycles. The molecule has 0 amide bonds. The number of fused-ring (bicyclic) bond motifs is 1. The lowest BCUT2D eigenvalue weighted by atomic mass is 9.95. The van der Waals surface area contributed by atoms with Gasteiger partial charge in [0, 0.05) is 5.39 Å². The minimum absolute atomic E-state index is 0.662. The van der Waals surface area contributed by atoms with Gasteiger partial charge >= 0.3 is 0 Å². The van der Waals surface area contributed by atoms with Crippen LogP contribution >= 0.6 is 0 Å². The summed E-state index contributed by atoms with van der Waals surface area (Å²) >= 11 is 0. The fourth-order valence-electron chi connectivity index (χ4n) is 2.93. The summed E-state index contributed by atoms with van der Waals surface area (Å²) in [6.07, 6.45) is 0. The average molecular weight is 306 g/mol. The molecule has 0 spiro atoms. The van der Waals surface area contributed by atoms with E-state index in [-0.39, 0.29) is 0 Å². The molecule has 0 radical (unpaired) electrons. The molecule has 0 saturated heterocycles. The van der Waals surface area contributed by atoms with Crippen molar-refractivity contribution in [2.75, 3.05) is 13.2 Å². The molecule has 0 N–H and O–H groups in total. The van der Waals surface area contributed by atoms with Crippen molar-refractivity contribution >= 4 is 10.8 Å². The number of hydrogen-bond acceptors (Lipinski definition) is 2.